The quantitative estimate of drug-likeness (QED) is 0.229. The van der Waals surface area contributed by atoms with Crippen LogP contribution < -0.4 is 22.3 Å². The highest BCUT2D eigenvalue weighted by Crippen LogP contribution is 1.53. The lowest BCUT2D eigenvalue weighted by Crippen LogP contribution is -2.33. The number of nitroso groups, excluding NO2 is 1. The molecule has 0 saturated heterocycles. The Labute approximate surface area is 70.5 Å². The van der Waals surface area contributed by atoms with Crippen LogP contribution in [0.2, 0.25) is 0 Å². The van der Waals surface area contributed by atoms with Crippen molar-refractivity contribution in [1.29, 1.82) is 0 Å². The highest BCUT2D eigenvalue weighted by molar-refractivity contribution is 5.71. The predicted octanol–water partition coefficient (Wildman–Crippen LogP) is -1.82. The number of hydrazine groups is 1. The number of carbonyl (C=O) groups is 2. The molecule has 0 aromatic heterocycles. The van der Waals surface area contributed by atoms with Crippen LogP contribution in [0.15, 0.2) is 5.29 Å². The van der Waals surface area contributed by atoms with E-state index in [4.69, 9.17) is 4.91 Å². The van der Waals surface area contributed by atoms with Gasteiger partial charge in [-0.2, -0.15) is 5.43 Å². The molecule has 0 bridgehead atoms. The lowest BCUT2D eigenvalue weighted by atomic mass is 11.2. The number of nitrogens with two attached hydrogens (primary N) is 2. The minimum Gasteiger partial charge on any atom is -0.350 e. The number of nitro groups is 1. The highest BCUT2D eigenvalue weighted by atomic mass is 16.7. The van der Waals surface area contributed by atoms with Gasteiger partial charge in [-0.25, -0.2) is 19.7 Å². The second-order valence-electron chi connectivity index (χ2n) is 1.30. The average Bonchev–Trinajstić information content (AvgIpc) is 1.83. The van der Waals surface area contributed by atoms with Crippen LogP contribution in [0.1, 0.15) is 0 Å². The van der Waals surface area contributed by atoms with Crippen molar-refractivity contribution < 1.29 is 14.6 Å². The molecule has 0 aliphatic rings. The third-order valence-corrected chi connectivity index (χ3v) is 0.357. The lowest BCUT2D eigenvalue weighted by molar-refractivity contribution is -0.527. The third kappa shape index (κ3) is 26.3. The molecule has 11 nitrogen and oxygen atoms in total. The van der Waals surface area contributed by atoms with E-state index < -0.39 is 17.1 Å². The first-order valence-electron chi connectivity index (χ1n) is 2.48. The normalized spacial score (nSPS) is 7.08. The lowest BCUT2D eigenvalue weighted by Gasteiger charge is -1.83. The van der Waals surface area contributed by atoms with Crippen LogP contribution in [-0.4, -0.2) is 17.1 Å². The van der Waals surface area contributed by atoms with Crippen molar-refractivity contribution in [2.75, 3.05) is 0 Å². The van der Waals surface area contributed by atoms with Crippen LogP contribution in [0.3, 0.4) is 0 Å². The molecule has 0 radical (unpaired) electrons. The number of rotatable bonds is 2. The Balaban J connectivity index is 0. The molecule has 0 aliphatic heterocycles. The number of primary amides is 2. The van der Waals surface area contributed by atoms with Crippen LogP contribution in [0.25, 0.3) is 0 Å². The summed E-state index contributed by atoms with van der Waals surface area (Å²) in [5.74, 6) is 0. The maximum absolute atomic E-state index is 9.48. The monoisotopic (exact) mass is 194 g/mol. The molecular weight excluding hydrogens is 188 g/mol. The summed E-state index contributed by atoms with van der Waals surface area (Å²) in [6.45, 7) is 0. The van der Waals surface area contributed by atoms with Crippen molar-refractivity contribution >= 4 is 12.1 Å². The molecule has 0 fully saturated rings. The molecule has 0 aliphatic carbocycles. The third-order valence-electron chi connectivity index (χ3n) is 0.357. The van der Waals surface area contributed by atoms with E-state index in [9.17, 15) is 19.7 Å². The van der Waals surface area contributed by atoms with Gasteiger partial charge in [0.1, 0.15) is 0 Å². The average molecular weight is 194 g/mol. The summed E-state index contributed by atoms with van der Waals surface area (Å²) in [7, 11) is 0. The zero-order valence-electron chi connectivity index (χ0n) is 6.09. The van der Waals surface area contributed by atoms with E-state index in [1.165, 1.54) is 10.9 Å². The zero-order chi connectivity index (χ0) is 10.9. The number of hydrogen-bond acceptors (Lipinski definition) is 6. The van der Waals surface area contributed by atoms with E-state index in [2.05, 4.69) is 11.5 Å². The largest absolute Gasteiger partial charge is 0.370 e. The summed E-state index contributed by atoms with van der Waals surface area (Å²) < 4.78 is 0. The first-order chi connectivity index (χ1) is 5.90. The molecule has 0 rings (SSSR count). The molecule has 0 heterocycles. The van der Waals surface area contributed by atoms with Crippen LogP contribution in [0, 0.1) is 15.0 Å². The number of urea groups is 2. The number of nitrogens with zero attached hydrogens (tertiary/aromatic N) is 2. The fourth-order valence-electron chi connectivity index (χ4n) is 0.135. The van der Waals surface area contributed by atoms with Crippen molar-refractivity contribution in [3.05, 3.63) is 15.0 Å². The molecule has 0 aromatic rings. The Morgan fingerprint density at radius 2 is 1.77 bits per heavy atom. The van der Waals surface area contributed by atoms with E-state index in [1.807, 2.05) is 5.29 Å². The molecule has 0 unspecified atom stereocenters. The second-order valence-corrected chi connectivity index (χ2v) is 1.30. The molecule has 6 N–H and O–H groups in total. The molecular formula is C2H6N6O5. The SMILES string of the molecule is NC(=O)NN=O.NC(=O)N[N+](=O)[O-]. The standard InChI is InChI=1S/CH3N3O3.CH3N3O2/c2-1(5)3-4(6)7;2-1(5)3-4-6/h(H3,2,3,5);(H3,2,3,5,6). The summed E-state index contributed by atoms with van der Waals surface area (Å²) in [6, 6.07) is -2.10. The minimum atomic E-state index is -1.16. The van der Waals surface area contributed by atoms with E-state index in [0.717, 1.165) is 0 Å². The minimum absolute atomic E-state index is 0.940. The van der Waals surface area contributed by atoms with E-state index in [0.29, 0.717) is 0 Å². The predicted molar refractivity (Wildman–Crippen MR) is 38.2 cm³/mol. The topological polar surface area (TPSA) is 183 Å². The van der Waals surface area contributed by atoms with Crippen molar-refractivity contribution in [1.82, 2.24) is 10.9 Å². The van der Waals surface area contributed by atoms with Crippen LogP contribution in [0.5, 0.6) is 0 Å². The highest BCUT2D eigenvalue weighted by Gasteiger charge is 1.95. The van der Waals surface area contributed by atoms with Crippen molar-refractivity contribution in [2.24, 2.45) is 16.8 Å². The van der Waals surface area contributed by atoms with Crippen LogP contribution in [-0.2, 0) is 0 Å². The fourth-order valence-corrected chi connectivity index (χ4v) is 0.135. The van der Waals surface area contributed by atoms with Gasteiger partial charge in [0.25, 0.3) is 0 Å². The molecule has 0 aromatic carbocycles. The first kappa shape index (κ1) is 13.2. The molecule has 0 saturated carbocycles. The van der Waals surface area contributed by atoms with Gasteiger partial charge in [0, 0.05) is 0 Å². The number of amides is 4. The van der Waals surface area contributed by atoms with E-state index in [1.54, 1.807) is 0 Å². The van der Waals surface area contributed by atoms with E-state index >= 15 is 0 Å². The molecule has 4 amide bonds. The Kier molecular flexibility index (Phi) is 7.73. The maximum atomic E-state index is 9.48. The fraction of sp³-hybridized carbons (Fsp3) is 0. The van der Waals surface area contributed by atoms with Gasteiger partial charge in [0.05, 0.1) is 5.29 Å². The molecule has 13 heavy (non-hydrogen) atoms. The summed E-state index contributed by atoms with van der Waals surface area (Å²) in [6.07, 6.45) is 0. The van der Waals surface area contributed by atoms with Gasteiger partial charge in [0.15, 0.2) is 5.03 Å². The molecule has 0 spiro atoms. The van der Waals surface area contributed by atoms with Crippen LogP contribution in [0.4, 0.5) is 9.59 Å². The summed E-state index contributed by atoms with van der Waals surface area (Å²) in [5.41, 5.74) is 11.2. The van der Waals surface area contributed by atoms with Gasteiger partial charge in [0.2, 0.25) is 0 Å². The number of nitrogens with one attached hydrogen (secondary N) is 2. The van der Waals surface area contributed by atoms with Crippen molar-refractivity contribution in [3.63, 3.8) is 0 Å². The number of carbonyl (C=O) groups excluding carboxylic acids is 2. The van der Waals surface area contributed by atoms with E-state index in [-0.39, 0.29) is 0 Å². The van der Waals surface area contributed by atoms with Gasteiger partial charge in [-0.05, 0) is 0 Å². The summed E-state index contributed by atoms with van der Waals surface area (Å²) in [4.78, 5) is 37.1. The van der Waals surface area contributed by atoms with Crippen molar-refractivity contribution in [3.8, 4) is 0 Å². The van der Waals surface area contributed by atoms with Crippen LogP contribution >= 0.6 is 0 Å². The molecule has 11 heteroatoms. The summed E-state index contributed by atoms with van der Waals surface area (Å²) in [5, 5.41) is 10.1. The van der Waals surface area contributed by atoms with Gasteiger partial charge in [-0.15, -0.1) is 4.91 Å². The maximum Gasteiger partial charge on any atom is 0.370 e. The van der Waals surface area contributed by atoms with Gasteiger partial charge >= 0.3 is 12.1 Å². The zero-order valence-corrected chi connectivity index (χ0v) is 6.09. The Hall–Kier alpha value is -2.46. The van der Waals surface area contributed by atoms with Gasteiger partial charge in [-0.1, -0.05) is 5.43 Å². The smallest absolute Gasteiger partial charge is 0.350 e. The summed E-state index contributed by atoms with van der Waals surface area (Å²) >= 11 is 0. The molecule has 74 valence electrons. The number of hydrogen-bond donors (Lipinski definition) is 4. The Morgan fingerprint density at radius 1 is 1.31 bits per heavy atom. The second kappa shape index (κ2) is 7.64. The Morgan fingerprint density at radius 3 is 1.77 bits per heavy atom. The van der Waals surface area contributed by atoms with Gasteiger partial charge in [-0.3, -0.25) is 0 Å². The Bertz CT molecular complexity index is 201. The molecule has 0 atom stereocenters. The van der Waals surface area contributed by atoms with Crippen molar-refractivity contribution in [2.45, 2.75) is 0 Å². The van der Waals surface area contributed by atoms with Gasteiger partial charge < -0.3 is 11.5 Å². The first-order valence-corrected chi connectivity index (χ1v) is 2.48.